The van der Waals surface area contributed by atoms with Crippen LogP contribution in [0.4, 0.5) is 8.78 Å². The smallest absolute Gasteiger partial charge is 0.338 e. The van der Waals surface area contributed by atoms with Gasteiger partial charge in [-0.15, -0.1) is 0 Å². The second-order valence-electron chi connectivity index (χ2n) is 5.13. The number of halogens is 2. The molecule has 0 aliphatic rings. The minimum Gasteiger partial charge on any atom is -0.478 e. The van der Waals surface area contributed by atoms with Crippen molar-refractivity contribution in [3.05, 3.63) is 70.3 Å². The SMILES string of the molecule is O=C(Cc1ccc(F)c(C(=O)O)c1)Cc1ccc(F)c(C(=O)O)c1. The average Bonchev–Trinajstić information content (AvgIpc) is 2.50. The maximum Gasteiger partial charge on any atom is 0.338 e. The summed E-state index contributed by atoms with van der Waals surface area (Å²) in [5, 5.41) is 17.7. The predicted octanol–water partition coefficient (Wildman–Crippen LogP) is 2.72. The second kappa shape index (κ2) is 6.99. The molecular weight excluding hydrogens is 322 g/mol. The molecule has 0 aliphatic heterocycles. The van der Waals surface area contributed by atoms with E-state index in [1.807, 2.05) is 0 Å². The highest BCUT2D eigenvalue weighted by Crippen LogP contribution is 2.15. The number of rotatable bonds is 6. The number of carbonyl (C=O) groups is 3. The first-order valence-corrected chi connectivity index (χ1v) is 6.83. The van der Waals surface area contributed by atoms with Gasteiger partial charge in [0.2, 0.25) is 0 Å². The van der Waals surface area contributed by atoms with Crippen LogP contribution in [-0.2, 0) is 17.6 Å². The lowest BCUT2D eigenvalue weighted by Crippen LogP contribution is -2.10. The van der Waals surface area contributed by atoms with Crippen molar-refractivity contribution in [2.75, 3.05) is 0 Å². The van der Waals surface area contributed by atoms with Crippen LogP contribution in [0, 0.1) is 11.6 Å². The summed E-state index contributed by atoms with van der Waals surface area (Å²) in [6, 6.07) is 6.67. The van der Waals surface area contributed by atoms with E-state index in [-0.39, 0.29) is 18.6 Å². The van der Waals surface area contributed by atoms with Crippen LogP contribution >= 0.6 is 0 Å². The number of carbonyl (C=O) groups excluding carboxylic acids is 1. The lowest BCUT2D eigenvalue weighted by atomic mass is 10.00. The molecule has 2 aromatic carbocycles. The molecule has 2 aromatic rings. The number of aromatic carboxylic acids is 2. The number of carboxylic acid groups (broad SMARTS) is 2. The molecule has 2 rings (SSSR count). The van der Waals surface area contributed by atoms with Crippen molar-refractivity contribution in [3.8, 4) is 0 Å². The highest BCUT2D eigenvalue weighted by atomic mass is 19.1. The topological polar surface area (TPSA) is 91.7 Å². The van der Waals surface area contributed by atoms with Crippen LogP contribution in [0.5, 0.6) is 0 Å². The van der Waals surface area contributed by atoms with Crippen LogP contribution in [0.3, 0.4) is 0 Å². The molecule has 5 nitrogen and oxygen atoms in total. The molecule has 0 fully saturated rings. The van der Waals surface area contributed by atoms with Crippen molar-refractivity contribution in [1.29, 1.82) is 0 Å². The standard InChI is InChI=1S/C17H12F2O5/c18-14-3-1-9(7-12(14)16(21)22)5-11(20)6-10-2-4-15(19)13(8-10)17(23)24/h1-4,7-8H,5-6H2,(H,21,22)(H,23,24). The van der Waals surface area contributed by atoms with Gasteiger partial charge in [0.1, 0.15) is 17.4 Å². The molecule has 124 valence electrons. The third kappa shape index (κ3) is 4.01. The zero-order valence-electron chi connectivity index (χ0n) is 12.3. The molecule has 0 amide bonds. The van der Waals surface area contributed by atoms with Gasteiger partial charge in [-0.1, -0.05) is 12.1 Å². The first kappa shape index (κ1) is 17.3. The average molecular weight is 334 g/mol. The Morgan fingerprint density at radius 3 is 1.46 bits per heavy atom. The number of Topliss-reactive ketones (excluding diaryl/α,β-unsaturated/α-hetero) is 1. The van der Waals surface area contributed by atoms with Gasteiger partial charge in [-0.3, -0.25) is 4.79 Å². The van der Waals surface area contributed by atoms with Gasteiger partial charge in [-0.05, 0) is 35.4 Å². The molecule has 0 unspecified atom stereocenters. The van der Waals surface area contributed by atoms with Crippen LogP contribution in [0.25, 0.3) is 0 Å². The summed E-state index contributed by atoms with van der Waals surface area (Å²) in [5.41, 5.74) is -0.427. The van der Waals surface area contributed by atoms with Crippen molar-refractivity contribution in [2.24, 2.45) is 0 Å². The van der Waals surface area contributed by atoms with E-state index in [1.54, 1.807) is 0 Å². The van der Waals surface area contributed by atoms with Crippen LogP contribution in [0.15, 0.2) is 36.4 Å². The van der Waals surface area contributed by atoms with E-state index in [1.165, 1.54) is 12.1 Å². The third-order valence-corrected chi connectivity index (χ3v) is 3.32. The molecule has 0 radical (unpaired) electrons. The molecule has 0 saturated heterocycles. The monoisotopic (exact) mass is 334 g/mol. The van der Waals surface area contributed by atoms with Crippen molar-refractivity contribution >= 4 is 17.7 Å². The number of ketones is 1. The van der Waals surface area contributed by atoms with E-state index in [0.717, 1.165) is 24.3 Å². The summed E-state index contributed by atoms with van der Waals surface area (Å²) in [7, 11) is 0. The fourth-order valence-electron chi connectivity index (χ4n) is 2.21. The molecule has 0 aliphatic carbocycles. The summed E-state index contributed by atoms with van der Waals surface area (Å²) >= 11 is 0. The van der Waals surface area contributed by atoms with Gasteiger partial charge in [-0.25, -0.2) is 18.4 Å². The van der Waals surface area contributed by atoms with Crippen molar-refractivity contribution in [2.45, 2.75) is 12.8 Å². The van der Waals surface area contributed by atoms with Crippen molar-refractivity contribution < 1.29 is 33.4 Å². The first-order chi connectivity index (χ1) is 11.3. The molecule has 0 aromatic heterocycles. The Kier molecular flexibility index (Phi) is 5.03. The quantitative estimate of drug-likeness (QED) is 0.847. The Balaban J connectivity index is 2.14. The molecule has 24 heavy (non-hydrogen) atoms. The Hall–Kier alpha value is -3.09. The minimum atomic E-state index is -1.44. The molecule has 7 heteroatoms. The molecule has 0 saturated carbocycles. The summed E-state index contributed by atoms with van der Waals surface area (Å²) < 4.78 is 26.6. The summed E-state index contributed by atoms with van der Waals surface area (Å²) in [4.78, 5) is 33.8. The largest absolute Gasteiger partial charge is 0.478 e. The first-order valence-electron chi connectivity index (χ1n) is 6.83. The fraction of sp³-hybridized carbons (Fsp3) is 0.118. The van der Waals surface area contributed by atoms with E-state index in [2.05, 4.69) is 0 Å². The number of hydrogen-bond donors (Lipinski definition) is 2. The molecule has 0 heterocycles. The maximum absolute atomic E-state index is 13.3. The lowest BCUT2D eigenvalue weighted by Gasteiger charge is -2.05. The Morgan fingerprint density at radius 1 is 0.750 bits per heavy atom. The van der Waals surface area contributed by atoms with Gasteiger partial charge < -0.3 is 10.2 Å². The summed E-state index contributed by atoms with van der Waals surface area (Å²) in [6.45, 7) is 0. The molecule has 0 atom stereocenters. The fourth-order valence-corrected chi connectivity index (χ4v) is 2.21. The molecule has 0 spiro atoms. The van der Waals surface area contributed by atoms with E-state index < -0.39 is 34.7 Å². The third-order valence-electron chi connectivity index (χ3n) is 3.32. The molecule has 2 N–H and O–H groups in total. The van der Waals surface area contributed by atoms with Gasteiger partial charge >= 0.3 is 11.9 Å². The van der Waals surface area contributed by atoms with Crippen LogP contribution in [0.2, 0.25) is 0 Å². The van der Waals surface area contributed by atoms with Crippen LogP contribution < -0.4 is 0 Å². The van der Waals surface area contributed by atoms with Gasteiger partial charge in [0.15, 0.2) is 0 Å². The van der Waals surface area contributed by atoms with Gasteiger partial charge in [0, 0.05) is 12.8 Å². The zero-order valence-corrected chi connectivity index (χ0v) is 12.3. The maximum atomic E-state index is 13.3. The minimum absolute atomic E-state index is 0.152. The Bertz CT molecular complexity index is 762. The normalized spacial score (nSPS) is 10.4. The Morgan fingerprint density at radius 2 is 1.12 bits per heavy atom. The molecule has 0 bridgehead atoms. The van der Waals surface area contributed by atoms with E-state index in [4.69, 9.17) is 10.2 Å². The lowest BCUT2D eigenvalue weighted by molar-refractivity contribution is -0.117. The van der Waals surface area contributed by atoms with Gasteiger partial charge in [0.25, 0.3) is 0 Å². The van der Waals surface area contributed by atoms with Crippen LogP contribution in [-0.4, -0.2) is 27.9 Å². The van der Waals surface area contributed by atoms with E-state index >= 15 is 0 Å². The highest BCUT2D eigenvalue weighted by molar-refractivity contribution is 5.90. The molecular formula is C17H12F2O5. The van der Waals surface area contributed by atoms with Crippen LogP contribution in [0.1, 0.15) is 31.8 Å². The number of hydrogen-bond acceptors (Lipinski definition) is 3. The number of benzene rings is 2. The number of carboxylic acids is 2. The van der Waals surface area contributed by atoms with E-state index in [0.29, 0.717) is 11.1 Å². The Labute approximate surface area is 135 Å². The summed E-state index contributed by atoms with van der Waals surface area (Å²) in [6.07, 6.45) is -0.305. The predicted molar refractivity (Wildman–Crippen MR) is 79.1 cm³/mol. The van der Waals surface area contributed by atoms with Crippen molar-refractivity contribution in [1.82, 2.24) is 0 Å². The highest BCUT2D eigenvalue weighted by Gasteiger charge is 2.15. The second-order valence-corrected chi connectivity index (χ2v) is 5.13. The van der Waals surface area contributed by atoms with Gasteiger partial charge in [-0.2, -0.15) is 0 Å². The van der Waals surface area contributed by atoms with E-state index in [9.17, 15) is 23.2 Å². The zero-order chi connectivity index (χ0) is 17.9. The van der Waals surface area contributed by atoms with Gasteiger partial charge in [0.05, 0.1) is 11.1 Å². The summed E-state index contributed by atoms with van der Waals surface area (Å²) in [5.74, 6) is -5.02. The van der Waals surface area contributed by atoms with Crippen molar-refractivity contribution in [3.63, 3.8) is 0 Å².